The summed E-state index contributed by atoms with van der Waals surface area (Å²) in [6.45, 7) is 1.01. The molecule has 0 heterocycles. The third-order valence-electron chi connectivity index (χ3n) is 10.8. The Labute approximate surface area is 378 Å². The van der Waals surface area contributed by atoms with Gasteiger partial charge in [-0.3, -0.25) is 43.2 Å². The topological polar surface area (TPSA) is 324 Å². The summed E-state index contributed by atoms with van der Waals surface area (Å²) < 4.78 is 26.6. The van der Waals surface area contributed by atoms with Gasteiger partial charge < -0.3 is 52.3 Å². The van der Waals surface area contributed by atoms with Crippen LogP contribution in [0.5, 0.6) is 0 Å². The number of hydrogen-bond donors (Lipinski definition) is 10. The summed E-state index contributed by atoms with van der Waals surface area (Å²) in [4.78, 5) is 129. The molecular weight excluding hydrogens is 875 g/mol. The molecule has 6 atom stereocenters. The minimum absolute atomic E-state index is 0.0559. The lowest BCUT2D eigenvalue weighted by Gasteiger charge is -2.32. The molecule has 2 aromatic carbocycles. The van der Waals surface area contributed by atoms with Gasteiger partial charge in [0.1, 0.15) is 36.3 Å². The number of carboxylic acid groups (broad SMARTS) is 4. The molecular formula is C44H56F2N6O14. The van der Waals surface area contributed by atoms with Crippen LogP contribution in [-0.2, 0) is 47.9 Å². The molecule has 1 aliphatic carbocycles. The van der Waals surface area contributed by atoms with E-state index in [0.29, 0.717) is 24.0 Å². The van der Waals surface area contributed by atoms with Crippen molar-refractivity contribution in [2.24, 2.45) is 5.92 Å². The van der Waals surface area contributed by atoms with E-state index in [1.54, 1.807) is 60.7 Å². The van der Waals surface area contributed by atoms with Crippen LogP contribution in [0, 0.1) is 5.92 Å². The number of rotatable bonds is 27. The molecule has 0 spiro atoms. The summed E-state index contributed by atoms with van der Waals surface area (Å²) >= 11 is 0. The van der Waals surface area contributed by atoms with Gasteiger partial charge in [0.2, 0.25) is 41.9 Å². The van der Waals surface area contributed by atoms with Crippen LogP contribution in [0.3, 0.4) is 0 Å². The fourth-order valence-electron chi connectivity index (χ4n) is 7.62. The summed E-state index contributed by atoms with van der Waals surface area (Å²) in [7, 11) is 0. The first kappa shape index (κ1) is 53.3. The molecule has 2 unspecified atom stereocenters. The minimum Gasteiger partial charge on any atom is -0.481 e. The Kier molecular flexibility index (Phi) is 21.6. The van der Waals surface area contributed by atoms with Crippen molar-refractivity contribution in [3.05, 3.63) is 71.8 Å². The smallest absolute Gasteiger partial charge is 0.326 e. The fourth-order valence-corrected chi connectivity index (χ4v) is 7.62. The van der Waals surface area contributed by atoms with E-state index in [-0.39, 0.29) is 12.3 Å². The molecule has 0 aromatic heterocycles. The number of carbonyl (C=O) groups excluding carboxylic acids is 6. The molecule has 20 nitrogen and oxygen atoms in total. The zero-order valence-corrected chi connectivity index (χ0v) is 36.1. The van der Waals surface area contributed by atoms with Gasteiger partial charge in [-0.15, -0.1) is 0 Å². The summed E-state index contributed by atoms with van der Waals surface area (Å²) in [5, 5.41) is 52.0. The minimum atomic E-state index is -3.11. The van der Waals surface area contributed by atoms with Crippen LogP contribution >= 0.6 is 0 Å². The third-order valence-corrected chi connectivity index (χ3v) is 10.8. The standard InChI is InChI=1S/C44H56F2N6O14/c1-24(53)47-31(23-36(58)59)42(63)48-29(18-20-35(56)57)40(61)52-38(37(26-13-7-3-8-14-26)27-15-9-4-10-16-27)43(64)49-28(17-19-34(54)55)39(60)50-30(21-25-11-5-2-6-12-25)41(62)51-32(44(65)66)22-33(45)46/h3-4,7-10,13-16,25,28-33,37-38H,2,5-6,11-12,17-23H2,1H3,(H,47,53)(H,48,63)(H,49,64)(H,50,60)(H,51,62)(H,52,61)(H,54,55)(H,56,57)(H,58,59)(H,65,66)/t28-,29-,30?,31-,32+,38?/m0/s1. The van der Waals surface area contributed by atoms with E-state index in [2.05, 4.69) is 31.9 Å². The predicted octanol–water partition coefficient (Wildman–Crippen LogP) is 1.66. The first-order chi connectivity index (χ1) is 31.2. The van der Waals surface area contributed by atoms with Gasteiger partial charge in [-0.05, 0) is 36.3 Å². The molecule has 2 aromatic rings. The molecule has 1 saturated carbocycles. The van der Waals surface area contributed by atoms with Crippen molar-refractivity contribution in [3.8, 4) is 0 Å². The lowest BCUT2D eigenvalue weighted by molar-refractivity contribution is -0.143. The van der Waals surface area contributed by atoms with Crippen LogP contribution < -0.4 is 31.9 Å². The van der Waals surface area contributed by atoms with E-state index in [1.807, 2.05) is 0 Å². The van der Waals surface area contributed by atoms with Crippen molar-refractivity contribution in [1.29, 1.82) is 0 Å². The van der Waals surface area contributed by atoms with Crippen LogP contribution in [-0.4, -0.2) is 122 Å². The fraction of sp³-hybridized carbons (Fsp3) is 0.500. The maximum absolute atomic E-state index is 14.8. The Bertz CT molecular complexity index is 1970. The van der Waals surface area contributed by atoms with Gasteiger partial charge >= 0.3 is 23.9 Å². The van der Waals surface area contributed by atoms with Crippen molar-refractivity contribution in [3.63, 3.8) is 0 Å². The van der Waals surface area contributed by atoms with Crippen LogP contribution in [0.15, 0.2) is 60.7 Å². The lowest BCUT2D eigenvalue weighted by Crippen LogP contribution is -2.61. The van der Waals surface area contributed by atoms with Gasteiger partial charge in [0.05, 0.1) is 6.42 Å². The van der Waals surface area contributed by atoms with Crippen molar-refractivity contribution < 1.29 is 77.2 Å². The predicted molar refractivity (Wildman–Crippen MR) is 227 cm³/mol. The Morgan fingerprint density at radius 2 is 0.985 bits per heavy atom. The molecule has 22 heteroatoms. The highest BCUT2D eigenvalue weighted by Gasteiger charge is 2.39. The summed E-state index contributed by atoms with van der Waals surface area (Å²) in [5.41, 5.74) is 0.824. The van der Waals surface area contributed by atoms with Crippen LogP contribution in [0.2, 0.25) is 0 Å². The highest BCUT2D eigenvalue weighted by Crippen LogP contribution is 2.30. The average Bonchev–Trinajstić information content (AvgIpc) is 3.25. The molecule has 3 rings (SSSR count). The second kappa shape index (κ2) is 26.7. The van der Waals surface area contributed by atoms with E-state index in [4.69, 9.17) is 0 Å². The van der Waals surface area contributed by atoms with Gasteiger partial charge in [-0.2, -0.15) is 0 Å². The average molecular weight is 931 g/mol. The maximum atomic E-state index is 14.8. The van der Waals surface area contributed by atoms with Crippen LogP contribution in [0.1, 0.15) is 101 Å². The number of aliphatic carboxylic acids is 4. The van der Waals surface area contributed by atoms with Gasteiger partial charge in [0, 0.05) is 32.1 Å². The number of benzene rings is 2. The quantitative estimate of drug-likeness (QED) is 0.0610. The monoisotopic (exact) mass is 930 g/mol. The molecule has 6 amide bonds. The first-order valence-corrected chi connectivity index (χ1v) is 21.3. The zero-order valence-electron chi connectivity index (χ0n) is 36.1. The largest absolute Gasteiger partial charge is 0.481 e. The molecule has 1 aliphatic rings. The van der Waals surface area contributed by atoms with Crippen molar-refractivity contribution >= 4 is 59.3 Å². The summed E-state index contributed by atoms with van der Waals surface area (Å²) in [5.74, 6) is -13.8. The van der Waals surface area contributed by atoms with E-state index in [0.717, 1.165) is 26.2 Å². The molecule has 0 radical (unpaired) electrons. The summed E-state index contributed by atoms with van der Waals surface area (Å²) in [6.07, 6.45) is -4.25. The Hall–Kier alpha value is -7.00. The van der Waals surface area contributed by atoms with Gasteiger partial charge in [-0.1, -0.05) is 92.8 Å². The number of amides is 6. The van der Waals surface area contributed by atoms with Crippen molar-refractivity contribution in [2.45, 2.75) is 133 Å². The highest BCUT2D eigenvalue weighted by atomic mass is 19.3. The Morgan fingerprint density at radius 3 is 1.44 bits per heavy atom. The first-order valence-electron chi connectivity index (χ1n) is 21.3. The van der Waals surface area contributed by atoms with Crippen LogP contribution in [0.25, 0.3) is 0 Å². The number of alkyl halides is 2. The number of nitrogens with one attached hydrogen (secondary N) is 6. The lowest BCUT2D eigenvalue weighted by atomic mass is 9.84. The number of hydrogen-bond acceptors (Lipinski definition) is 10. The Balaban J connectivity index is 2.11. The molecule has 0 bridgehead atoms. The maximum Gasteiger partial charge on any atom is 0.326 e. The van der Waals surface area contributed by atoms with E-state index in [1.165, 1.54) is 0 Å². The molecule has 10 N–H and O–H groups in total. The second-order valence-electron chi connectivity index (χ2n) is 16.0. The SMILES string of the molecule is CC(=O)N[C@@H](CC(=O)O)C(=O)N[C@@H](CCC(=O)O)C(=O)NC(C(=O)N[C@@H](CCC(=O)O)C(=O)NC(CC1CCCCC1)C(=O)N[C@H](CC(F)F)C(=O)O)C(c1ccccc1)c1ccccc1. The van der Waals surface area contributed by atoms with Gasteiger partial charge in [-0.25, -0.2) is 13.6 Å². The zero-order chi connectivity index (χ0) is 48.9. The van der Waals surface area contributed by atoms with E-state index in [9.17, 15) is 77.2 Å². The Morgan fingerprint density at radius 1 is 0.545 bits per heavy atom. The number of carbonyl (C=O) groups is 10. The molecule has 0 saturated heterocycles. The second-order valence-corrected chi connectivity index (χ2v) is 16.0. The molecule has 0 aliphatic heterocycles. The number of halogens is 2. The van der Waals surface area contributed by atoms with Crippen molar-refractivity contribution in [1.82, 2.24) is 31.9 Å². The highest BCUT2D eigenvalue weighted by molar-refractivity contribution is 5.98. The van der Waals surface area contributed by atoms with Crippen molar-refractivity contribution in [2.75, 3.05) is 0 Å². The number of carboxylic acids is 4. The molecule has 66 heavy (non-hydrogen) atoms. The third kappa shape index (κ3) is 18.2. The molecule has 360 valence electrons. The normalized spacial score (nSPS) is 15.4. The summed E-state index contributed by atoms with van der Waals surface area (Å²) in [6, 6.07) is 5.70. The van der Waals surface area contributed by atoms with E-state index < -0.39 is 146 Å². The van der Waals surface area contributed by atoms with Gasteiger partial charge in [0.15, 0.2) is 0 Å². The molecule has 1 fully saturated rings. The van der Waals surface area contributed by atoms with E-state index >= 15 is 0 Å². The van der Waals surface area contributed by atoms with Gasteiger partial charge in [0.25, 0.3) is 0 Å². The van der Waals surface area contributed by atoms with Crippen LogP contribution in [0.4, 0.5) is 8.78 Å².